The number of hydrogen-bond donors (Lipinski definition) is 1. The van der Waals surface area contributed by atoms with E-state index in [1.54, 1.807) is 11.8 Å². The van der Waals surface area contributed by atoms with Gasteiger partial charge in [-0.1, -0.05) is 19.3 Å². The Bertz CT molecular complexity index is 277. The van der Waals surface area contributed by atoms with Crippen molar-refractivity contribution in [2.75, 3.05) is 12.8 Å². The Morgan fingerprint density at radius 1 is 1.35 bits per heavy atom. The standard InChI is InChI=1S/C12H21NO3S/c1-9(12(15)16)17-8-11(14)13(2)10-6-4-3-5-7-10/h9-10H,3-8H2,1-2H3,(H,15,16). The van der Waals surface area contributed by atoms with Gasteiger partial charge in [0.25, 0.3) is 0 Å². The van der Waals surface area contributed by atoms with Crippen molar-refractivity contribution in [2.45, 2.75) is 50.3 Å². The summed E-state index contributed by atoms with van der Waals surface area (Å²) in [5.74, 6) is -0.543. The van der Waals surface area contributed by atoms with Crippen molar-refractivity contribution in [3.05, 3.63) is 0 Å². The fraction of sp³-hybridized carbons (Fsp3) is 0.833. The minimum Gasteiger partial charge on any atom is -0.480 e. The van der Waals surface area contributed by atoms with Crippen LogP contribution < -0.4 is 0 Å². The summed E-state index contributed by atoms with van der Waals surface area (Å²) in [7, 11) is 1.84. The molecule has 1 aliphatic rings. The van der Waals surface area contributed by atoms with Gasteiger partial charge in [-0.15, -0.1) is 11.8 Å². The number of amides is 1. The lowest BCUT2D eigenvalue weighted by atomic mass is 9.94. The number of rotatable bonds is 5. The first kappa shape index (κ1) is 14.4. The van der Waals surface area contributed by atoms with Gasteiger partial charge in [0.2, 0.25) is 5.91 Å². The normalized spacial score (nSPS) is 18.7. The summed E-state index contributed by atoms with van der Waals surface area (Å²) in [5, 5.41) is 8.22. The molecule has 0 spiro atoms. The third-order valence-electron chi connectivity index (χ3n) is 3.32. The Morgan fingerprint density at radius 3 is 2.47 bits per heavy atom. The van der Waals surface area contributed by atoms with Crippen LogP contribution in [-0.4, -0.2) is 46.0 Å². The maximum absolute atomic E-state index is 11.9. The van der Waals surface area contributed by atoms with Crippen molar-refractivity contribution in [1.29, 1.82) is 0 Å². The first-order valence-electron chi connectivity index (χ1n) is 6.12. The molecule has 1 amide bonds. The monoisotopic (exact) mass is 259 g/mol. The largest absolute Gasteiger partial charge is 0.480 e. The van der Waals surface area contributed by atoms with Crippen LogP contribution in [0.4, 0.5) is 0 Å². The number of carboxylic acids is 1. The molecule has 0 heterocycles. The molecule has 0 radical (unpaired) electrons. The molecule has 98 valence electrons. The molecule has 1 saturated carbocycles. The third-order valence-corrected chi connectivity index (χ3v) is 4.44. The maximum atomic E-state index is 11.9. The Labute approximate surface area is 107 Å². The number of carboxylic acid groups (broad SMARTS) is 1. The van der Waals surface area contributed by atoms with Gasteiger partial charge in [-0.25, -0.2) is 0 Å². The Hall–Kier alpha value is -0.710. The quantitative estimate of drug-likeness (QED) is 0.820. The molecule has 0 saturated heterocycles. The van der Waals surface area contributed by atoms with Gasteiger partial charge in [0, 0.05) is 13.1 Å². The molecular weight excluding hydrogens is 238 g/mol. The van der Waals surface area contributed by atoms with E-state index in [0.29, 0.717) is 6.04 Å². The van der Waals surface area contributed by atoms with E-state index in [1.807, 2.05) is 7.05 Å². The van der Waals surface area contributed by atoms with Gasteiger partial charge in [0.1, 0.15) is 0 Å². The molecule has 0 aromatic heterocycles. The second-order valence-electron chi connectivity index (χ2n) is 4.59. The Balaban J connectivity index is 2.33. The summed E-state index contributed by atoms with van der Waals surface area (Å²) in [4.78, 5) is 24.3. The smallest absolute Gasteiger partial charge is 0.316 e. The lowest BCUT2D eigenvalue weighted by Crippen LogP contribution is -2.39. The summed E-state index contributed by atoms with van der Waals surface area (Å²) in [6.07, 6.45) is 5.83. The van der Waals surface area contributed by atoms with Gasteiger partial charge in [-0.3, -0.25) is 9.59 Å². The number of hydrogen-bond acceptors (Lipinski definition) is 3. The van der Waals surface area contributed by atoms with Crippen LogP contribution in [0.25, 0.3) is 0 Å². The average molecular weight is 259 g/mol. The zero-order valence-electron chi connectivity index (χ0n) is 10.5. The number of thioether (sulfide) groups is 1. The van der Waals surface area contributed by atoms with Gasteiger partial charge in [0.05, 0.1) is 11.0 Å². The molecule has 0 bridgehead atoms. The maximum Gasteiger partial charge on any atom is 0.316 e. The number of carbonyl (C=O) groups is 2. The van der Waals surface area contributed by atoms with Gasteiger partial charge in [0.15, 0.2) is 0 Å². The molecule has 1 fully saturated rings. The van der Waals surface area contributed by atoms with Crippen molar-refractivity contribution in [1.82, 2.24) is 4.90 Å². The Morgan fingerprint density at radius 2 is 1.94 bits per heavy atom. The van der Waals surface area contributed by atoms with E-state index in [4.69, 9.17) is 5.11 Å². The predicted octanol–water partition coefficient (Wildman–Crippen LogP) is 1.98. The topological polar surface area (TPSA) is 57.6 Å². The van der Waals surface area contributed by atoms with E-state index in [9.17, 15) is 9.59 Å². The lowest BCUT2D eigenvalue weighted by Gasteiger charge is -2.31. The molecule has 0 aromatic carbocycles. The van der Waals surface area contributed by atoms with Crippen LogP contribution in [-0.2, 0) is 9.59 Å². The van der Waals surface area contributed by atoms with Crippen molar-refractivity contribution in [3.8, 4) is 0 Å². The molecule has 5 heteroatoms. The van der Waals surface area contributed by atoms with E-state index < -0.39 is 11.2 Å². The number of nitrogens with zero attached hydrogens (tertiary/aromatic N) is 1. The molecule has 1 aliphatic carbocycles. The number of aliphatic carboxylic acids is 1. The highest BCUT2D eigenvalue weighted by Crippen LogP contribution is 2.22. The fourth-order valence-corrected chi connectivity index (χ4v) is 2.78. The van der Waals surface area contributed by atoms with Crippen LogP contribution in [0.3, 0.4) is 0 Å². The third kappa shape index (κ3) is 4.58. The minimum absolute atomic E-state index is 0.0509. The van der Waals surface area contributed by atoms with E-state index in [2.05, 4.69) is 0 Å². The molecular formula is C12H21NO3S. The van der Waals surface area contributed by atoms with Crippen LogP contribution in [0.5, 0.6) is 0 Å². The van der Waals surface area contributed by atoms with Crippen LogP contribution >= 0.6 is 11.8 Å². The van der Waals surface area contributed by atoms with E-state index in [-0.39, 0.29) is 11.7 Å². The number of carbonyl (C=O) groups excluding carboxylic acids is 1. The minimum atomic E-state index is -0.858. The van der Waals surface area contributed by atoms with E-state index in [1.165, 1.54) is 31.0 Å². The molecule has 1 atom stereocenters. The molecule has 17 heavy (non-hydrogen) atoms. The second-order valence-corrected chi connectivity index (χ2v) is 5.92. The van der Waals surface area contributed by atoms with Crippen molar-refractivity contribution in [2.24, 2.45) is 0 Å². The summed E-state index contributed by atoms with van der Waals surface area (Å²) >= 11 is 1.19. The lowest BCUT2D eigenvalue weighted by molar-refractivity contribution is -0.136. The highest BCUT2D eigenvalue weighted by Gasteiger charge is 2.23. The second kappa shape index (κ2) is 6.89. The van der Waals surface area contributed by atoms with E-state index >= 15 is 0 Å². The van der Waals surface area contributed by atoms with Gasteiger partial charge < -0.3 is 10.0 Å². The van der Waals surface area contributed by atoms with Crippen molar-refractivity contribution >= 4 is 23.6 Å². The summed E-state index contributed by atoms with van der Waals surface area (Å²) in [6, 6.07) is 0.358. The van der Waals surface area contributed by atoms with Gasteiger partial charge in [-0.05, 0) is 19.8 Å². The van der Waals surface area contributed by atoms with Gasteiger partial charge in [-0.2, -0.15) is 0 Å². The highest BCUT2D eigenvalue weighted by molar-refractivity contribution is 8.01. The van der Waals surface area contributed by atoms with Crippen LogP contribution in [0.15, 0.2) is 0 Å². The molecule has 1 rings (SSSR count). The predicted molar refractivity (Wildman–Crippen MR) is 69.2 cm³/mol. The molecule has 1 unspecified atom stereocenters. The SMILES string of the molecule is CC(SCC(=O)N(C)C1CCCCC1)C(=O)O. The van der Waals surface area contributed by atoms with Crippen molar-refractivity contribution < 1.29 is 14.7 Å². The first-order valence-corrected chi connectivity index (χ1v) is 7.17. The molecule has 0 aliphatic heterocycles. The van der Waals surface area contributed by atoms with Crippen LogP contribution in [0.2, 0.25) is 0 Å². The van der Waals surface area contributed by atoms with E-state index in [0.717, 1.165) is 12.8 Å². The van der Waals surface area contributed by atoms with Crippen LogP contribution in [0.1, 0.15) is 39.0 Å². The Kier molecular flexibility index (Phi) is 5.82. The average Bonchev–Trinajstić information content (AvgIpc) is 2.35. The molecule has 0 aromatic rings. The highest BCUT2D eigenvalue weighted by atomic mass is 32.2. The molecule has 4 nitrogen and oxygen atoms in total. The molecule has 1 N–H and O–H groups in total. The summed E-state index contributed by atoms with van der Waals surface area (Å²) < 4.78 is 0. The van der Waals surface area contributed by atoms with Crippen LogP contribution in [0, 0.1) is 0 Å². The first-order chi connectivity index (χ1) is 8.02. The fourth-order valence-electron chi connectivity index (χ4n) is 2.04. The summed E-state index contributed by atoms with van der Waals surface area (Å²) in [6.45, 7) is 1.61. The summed E-state index contributed by atoms with van der Waals surface area (Å²) in [5.41, 5.74) is 0. The van der Waals surface area contributed by atoms with Crippen molar-refractivity contribution in [3.63, 3.8) is 0 Å². The van der Waals surface area contributed by atoms with Gasteiger partial charge >= 0.3 is 5.97 Å². The zero-order valence-corrected chi connectivity index (χ0v) is 11.3. The zero-order chi connectivity index (χ0) is 12.8.